The molecule has 14 heavy (non-hydrogen) atoms. The Hall–Kier alpha value is 0.174. The molecular formula is C12H26Si2. The van der Waals surface area contributed by atoms with Gasteiger partial charge in [0.25, 0.3) is 0 Å². The molecule has 0 radical (unpaired) electrons. The Bertz CT molecular complexity index is 228. The molecule has 0 aromatic heterocycles. The highest BCUT2D eigenvalue weighted by Crippen LogP contribution is 2.37. The van der Waals surface area contributed by atoms with Crippen molar-refractivity contribution in [2.24, 2.45) is 0 Å². The van der Waals surface area contributed by atoms with Crippen molar-refractivity contribution >= 4 is 16.1 Å². The molecule has 2 heteroatoms. The van der Waals surface area contributed by atoms with E-state index in [1.165, 1.54) is 19.3 Å². The second-order valence-electron chi connectivity index (χ2n) is 6.81. The molecule has 0 aliphatic heterocycles. The zero-order valence-electron chi connectivity index (χ0n) is 10.8. The molecule has 0 heterocycles. The number of allylic oxidation sites excluding steroid dienone is 2. The zero-order valence-corrected chi connectivity index (χ0v) is 12.8. The maximum Gasteiger partial charge on any atom is 0.0720 e. The van der Waals surface area contributed by atoms with Crippen LogP contribution in [-0.2, 0) is 0 Å². The fourth-order valence-electron chi connectivity index (χ4n) is 2.23. The first-order valence-corrected chi connectivity index (χ1v) is 13.0. The van der Waals surface area contributed by atoms with Gasteiger partial charge in [-0.05, 0) is 24.8 Å². The Morgan fingerprint density at radius 1 is 1.07 bits per heavy atom. The quantitative estimate of drug-likeness (QED) is 0.600. The molecule has 82 valence electrons. The molecule has 0 saturated carbocycles. The van der Waals surface area contributed by atoms with Gasteiger partial charge < -0.3 is 0 Å². The van der Waals surface area contributed by atoms with E-state index in [0.29, 0.717) is 0 Å². The van der Waals surface area contributed by atoms with Gasteiger partial charge in [-0.1, -0.05) is 50.6 Å². The summed E-state index contributed by atoms with van der Waals surface area (Å²) >= 11 is 0. The second-order valence-corrected chi connectivity index (χ2v) is 17.4. The first kappa shape index (κ1) is 12.2. The van der Waals surface area contributed by atoms with Gasteiger partial charge in [0.2, 0.25) is 0 Å². The summed E-state index contributed by atoms with van der Waals surface area (Å²) in [4.78, 5) is 0. The fraction of sp³-hybridized carbons (Fsp3) is 0.833. The maximum absolute atomic E-state index is 2.68. The predicted molar refractivity (Wildman–Crippen MR) is 72.4 cm³/mol. The van der Waals surface area contributed by atoms with E-state index in [1.54, 1.807) is 0 Å². The minimum atomic E-state index is -0.994. The van der Waals surface area contributed by atoms with Gasteiger partial charge in [-0.25, -0.2) is 0 Å². The van der Waals surface area contributed by atoms with E-state index < -0.39 is 16.1 Å². The third-order valence-corrected chi connectivity index (χ3v) is 8.46. The SMILES string of the molecule is C[Si](C)(C)C1=CC([Si](C)(C)C)CCC1. The van der Waals surface area contributed by atoms with Crippen molar-refractivity contribution < 1.29 is 0 Å². The summed E-state index contributed by atoms with van der Waals surface area (Å²) < 4.78 is 0. The summed E-state index contributed by atoms with van der Waals surface area (Å²) in [6, 6.07) is 0. The molecule has 0 fully saturated rings. The molecule has 0 aromatic rings. The van der Waals surface area contributed by atoms with Gasteiger partial charge in [0.05, 0.1) is 16.1 Å². The highest BCUT2D eigenvalue weighted by Gasteiger charge is 2.30. The van der Waals surface area contributed by atoms with E-state index in [4.69, 9.17) is 0 Å². The van der Waals surface area contributed by atoms with Crippen LogP contribution in [0.3, 0.4) is 0 Å². The van der Waals surface area contributed by atoms with Crippen LogP contribution in [0.1, 0.15) is 19.3 Å². The van der Waals surface area contributed by atoms with Crippen molar-refractivity contribution in [2.75, 3.05) is 0 Å². The average molecular weight is 227 g/mol. The van der Waals surface area contributed by atoms with E-state index in [-0.39, 0.29) is 0 Å². The fourth-order valence-corrected chi connectivity index (χ4v) is 5.80. The van der Waals surface area contributed by atoms with Gasteiger partial charge in [0.15, 0.2) is 0 Å². The van der Waals surface area contributed by atoms with E-state index in [0.717, 1.165) is 5.54 Å². The van der Waals surface area contributed by atoms with Crippen LogP contribution >= 0.6 is 0 Å². The van der Waals surface area contributed by atoms with Crippen molar-refractivity contribution in [1.29, 1.82) is 0 Å². The Morgan fingerprint density at radius 3 is 2.07 bits per heavy atom. The van der Waals surface area contributed by atoms with Crippen LogP contribution in [0.5, 0.6) is 0 Å². The lowest BCUT2D eigenvalue weighted by molar-refractivity contribution is 0.701. The Labute approximate surface area is 91.8 Å². The summed E-state index contributed by atoms with van der Waals surface area (Å²) in [7, 11) is -1.92. The van der Waals surface area contributed by atoms with Gasteiger partial charge in [-0.2, -0.15) is 0 Å². The zero-order chi connectivity index (χ0) is 11.0. The van der Waals surface area contributed by atoms with Crippen LogP contribution in [0.15, 0.2) is 11.3 Å². The summed E-state index contributed by atoms with van der Waals surface area (Å²) in [6.07, 6.45) is 6.99. The molecule has 0 nitrogen and oxygen atoms in total. The molecule has 0 spiro atoms. The Balaban J connectivity index is 2.85. The highest BCUT2D eigenvalue weighted by atomic mass is 28.3. The smallest absolute Gasteiger partial charge is 0.0720 e. The summed E-state index contributed by atoms with van der Waals surface area (Å²) in [5, 5.41) is 1.84. The predicted octanol–water partition coefficient (Wildman–Crippen LogP) is 4.68. The standard InChI is InChI=1S/C12H26Si2/c1-13(2,3)11-8-7-9-12(10-11)14(4,5)6/h10-11H,7-9H2,1-6H3. The van der Waals surface area contributed by atoms with E-state index in [1.807, 2.05) is 5.20 Å². The first-order valence-electron chi connectivity index (χ1n) is 5.92. The van der Waals surface area contributed by atoms with Crippen LogP contribution in [0.2, 0.25) is 44.8 Å². The first-order chi connectivity index (χ1) is 6.21. The Morgan fingerprint density at radius 2 is 1.64 bits per heavy atom. The highest BCUT2D eigenvalue weighted by molar-refractivity contribution is 6.83. The van der Waals surface area contributed by atoms with Gasteiger partial charge >= 0.3 is 0 Å². The van der Waals surface area contributed by atoms with E-state index in [2.05, 4.69) is 45.4 Å². The van der Waals surface area contributed by atoms with Gasteiger partial charge in [-0.15, -0.1) is 0 Å². The van der Waals surface area contributed by atoms with Crippen molar-refractivity contribution in [3.05, 3.63) is 11.3 Å². The van der Waals surface area contributed by atoms with Crippen molar-refractivity contribution in [2.45, 2.75) is 64.1 Å². The number of rotatable bonds is 2. The molecule has 0 saturated heterocycles. The van der Waals surface area contributed by atoms with Crippen LogP contribution in [-0.4, -0.2) is 16.1 Å². The molecule has 0 bridgehead atoms. The molecule has 0 N–H and O–H groups in total. The summed E-state index contributed by atoms with van der Waals surface area (Å²) in [6.45, 7) is 15.0. The van der Waals surface area contributed by atoms with E-state index >= 15 is 0 Å². The molecule has 1 atom stereocenters. The molecule has 1 aliphatic rings. The topological polar surface area (TPSA) is 0 Å². The molecule has 1 rings (SSSR count). The second kappa shape index (κ2) is 3.97. The maximum atomic E-state index is 2.68. The minimum absolute atomic E-state index is 0.931. The van der Waals surface area contributed by atoms with Gasteiger partial charge in [0.1, 0.15) is 0 Å². The van der Waals surface area contributed by atoms with Crippen LogP contribution in [0.25, 0.3) is 0 Å². The summed E-state index contributed by atoms with van der Waals surface area (Å²) in [5.41, 5.74) is 0.956. The largest absolute Gasteiger partial charge is 0.0887 e. The molecule has 0 aromatic carbocycles. The molecule has 0 amide bonds. The van der Waals surface area contributed by atoms with Gasteiger partial charge in [0, 0.05) is 0 Å². The monoisotopic (exact) mass is 226 g/mol. The molecule has 1 aliphatic carbocycles. The third kappa shape index (κ3) is 3.09. The van der Waals surface area contributed by atoms with Crippen LogP contribution in [0.4, 0.5) is 0 Å². The van der Waals surface area contributed by atoms with Crippen LogP contribution in [0, 0.1) is 0 Å². The Kier molecular flexibility index (Phi) is 3.47. The van der Waals surface area contributed by atoms with Crippen molar-refractivity contribution in [3.63, 3.8) is 0 Å². The van der Waals surface area contributed by atoms with E-state index in [9.17, 15) is 0 Å². The third-order valence-electron chi connectivity index (χ3n) is 3.44. The number of hydrogen-bond acceptors (Lipinski definition) is 0. The van der Waals surface area contributed by atoms with Crippen molar-refractivity contribution in [3.8, 4) is 0 Å². The number of hydrogen-bond donors (Lipinski definition) is 0. The lowest BCUT2D eigenvalue weighted by Gasteiger charge is -2.34. The lowest BCUT2D eigenvalue weighted by Crippen LogP contribution is -2.32. The average Bonchev–Trinajstić information content (AvgIpc) is 2.01. The van der Waals surface area contributed by atoms with Gasteiger partial charge in [-0.3, -0.25) is 0 Å². The van der Waals surface area contributed by atoms with Crippen molar-refractivity contribution in [1.82, 2.24) is 0 Å². The van der Waals surface area contributed by atoms with Crippen LogP contribution < -0.4 is 0 Å². The molecular weight excluding hydrogens is 200 g/mol. The lowest BCUT2D eigenvalue weighted by atomic mass is 10.1. The molecule has 1 unspecified atom stereocenters. The normalized spacial score (nSPS) is 24.7. The minimum Gasteiger partial charge on any atom is -0.0887 e. The summed E-state index contributed by atoms with van der Waals surface area (Å²) in [5.74, 6) is 0.